The summed E-state index contributed by atoms with van der Waals surface area (Å²) in [4.78, 5) is 2.41. The van der Waals surface area contributed by atoms with Gasteiger partial charge in [0.25, 0.3) is 0 Å². The van der Waals surface area contributed by atoms with Gasteiger partial charge < -0.3 is 9.32 Å². The minimum absolute atomic E-state index is 0.882. The van der Waals surface area contributed by atoms with E-state index in [0.717, 1.165) is 44.4 Å². The fourth-order valence-electron chi connectivity index (χ4n) is 7.95. The van der Waals surface area contributed by atoms with Gasteiger partial charge in [0.05, 0.1) is 5.69 Å². The van der Waals surface area contributed by atoms with Gasteiger partial charge in [-0.1, -0.05) is 109 Å². The lowest BCUT2D eigenvalue weighted by molar-refractivity contribution is 0.673. The van der Waals surface area contributed by atoms with Gasteiger partial charge >= 0.3 is 0 Å². The van der Waals surface area contributed by atoms with Crippen LogP contribution in [-0.4, -0.2) is 0 Å². The van der Waals surface area contributed by atoms with Crippen molar-refractivity contribution in [3.63, 3.8) is 0 Å². The maximum Gasteiger partial charge on any atom is 0.143 e. The maximum atomic E-state index is 6.70. The van der Waals surface area contributed by atoms with Gasteiger partial charge in [0.1, 0.15) is 11.2 Å². The lowest BCUT2D eigenvalue weighted by atomic mass is 9.96. The number of anilines is 3. The van der Waals surface area contributed by atoms with Crippen molar-refractivity contribution >= 4 is 114 Å². The predicted octanol–water partition coefficient (Wildman–Crippen LogP) is 14.0. The Bertz CT molecular complexity index is 3130. The molecule has 0 saturated carbocycles. The average Bonchev–Trinajstić information content (AvgIpc) is 3.73. The van der Waals surface area contributed by atoms with E-state index in [1.807, 2.05) is 11.3 Å². The molecule has 0 spiro atoms. The summed E-state index contributed by atoms with van der Waals surface area (Å²) in [6, 6.07) is 59.6. The monoisotopic (exact) mass is 641 g/mol. The Labute approximate surface area is 285 Å². The summed E-state index contributed by atoms with van der Waals surface area (Å²) in [7, 11) is 0. The molecule has 0 aliphatic heterocycles. The number of furan rings is 1. The molecule has 0 amide bonds. The molecule has 0 N–H and O–H groups in total. The largest absolute Gasteiger partial charge is 0.455 e. The highest BCUT2D eigenvalue weighted by molar-refractivity contribution is 7.25. The van der Waals surface area contributed by atoms with E-state index in [9.17, 15) is 0 Å². The maximum absolute atomic E-state index is 6.70. The van der Waals surface area contributed by atoms with E-state index in [1.54, 1.807) is 0 Å². The molecular formula is C46H27NOS. The molecule has 11 rings (SSSR count). The van der Waals surface area contributed by atoms with Crippen molar-refractivity contribution in [1.29, 1.82) is 0 Å². The molecule has 0 saturated heterocycles. The van der Waals surface area contributed by atoms with Gasteiger partial charge in [0.15, 0.2) is 0 Å². The van der Waals surface area contributed by atoms with E-state index in [4.69, 9.17) is 4.42 Å². The first-order valence-electron chi connectivity index (χ1n) is 16.7. The number of rotatable bonds is 3. The Morgan fingerprint density at radius 3 is 1.86 bits per heavy atom. The third kappa shape index (κ3) is 3.94. The van der Waals surface area contributed by atoms with Gasteiger partial charge in [-0.15, -0.1) is 11.3 Å². The molecule has 2 heterocycles. The standard InChI is InChI=1S/C46H27NOS/c1-3-10-32-28(8-1)16-20-36-34-13-7-14-42(37(34)24-23-35(32)36)47(30-19-25-45-41(26-30)39-12-5-6-15-44(39)49-45)31-18-22-38-40-21-17-29-9-2-4-11-33(29)46(40)48-43(38)27-31/h1-27H. The summed E-state index contributed by atoms with van der Waals surface area (Å²) in [5, 5.41) is 14.7. The molecule has 49 heavy (non-hydrogen) atoms. The van der Waals surface area contributed by atoms with Crippen molar-refractivity contribution in [2.24, 2.45) is 0 Å². The lowest BCUT2D eigenvalue weighted by Gasteiger charge is -2.27. The Hall–Kier alpha value is -6.16. The van der Waals surface area contributed by atoms with Crippen molar-refractivity contribution in [2.75, 3.05) is 4.90 Å². The molecular weight excluding hydrogens is 615 g/mol. The van der Waals surface area contributed by atoms with Crippen molar-refractivity contribution < 1.29 is 4.42 Å². The van der Waals surface area contributed by atoms with Crippen LogP contribution in [0, 0.1) is 0 Å². The number of benzene rings is 9. The number of hydrogen-bond acceptors (Lipinski definition) is 3. The van der Waals surface area contributed by atoms with E-state index < -0.39 is 0 Å². The highest BCUT2D eigenvalue weighted by Crippen LogP contribution is 2.45. The van der Waals surface area contributed by atoms with Crippen LogP contribution in [0.25, 0.3) is 85.2 Å². The summed E-state index contributed by atoms with van der Waals surface area (Å²) < 4.78 is 9.30. The number of hydrogen-bond donors (Lipinski definition) is 0. The van der Waals surface area contributed by atoms with Crippen LogP contribution in [-0.2, 0) is 0 Å². The van der Waals surface area contributed by atoms with Crippen molar-refractivity contribution in [1.82, 2.24) is 0 Å². The highest BCUT2D eigenvalue weighted by Gasteiger charge is 2.20. The van der Waals surface area contributed by atoms with Crippen LogP contribution in [0.5, 0.6) is 0 Å². The zero-order chi connectivity index (χ0) is 32.1. The first-order chi connectivity index (χ1) is 24.3. The van der Waals surface area contributed by atoms with Gasteiger partial charge in [-0.3, -0.25) is 0 Å². The van der Waals surface area contributed by atoms with Crippen LogP contribution < -0.4 is 4.90 Å². The number of nitrogens with zero attached hydrogens (tertiary/aromatic N) is 1. The van der Waals surface area contributed by atoms with Crippen LogP contribution in [0.3, 0.4) is 0 Å². The summed E-state index contributed by atoms with van der Waals surface area (Å²) in [5.41, 5.74) is 5.12. The van der Waals surface area contributed by atoms with Crippen LogP contribution in [0.1, 0.15) is 0 Å². The predicted molar refractivity (Wildman–Crippen MR) is 211 cm³/mol. The van der Waals surface area contributed by atoms with E-state index in [1.165, 1.54) is 57.9 Å². The van der Waals surface area contributed by atoms with Crippen LogP contribution in [0.15, 0.2) is 168 Å². The molecule has 0 radical (unpaired) electrons. The SMILES string of the molecule is c1ccc2c(c1)ccc1c3cccc(N(c4ccc5c(c4)oc4c6ccccc6ccc54)c4ccc5sc6ccccc6c5c4)c3ccc21. The van der Waals surface area contributed by atoms with Crippen molar-refractivity contribution in [3.05, 3.63) is 164 Å². The zero-order valence-corrected chi connectivity index (χ0v) is 27.2. The van der Waals surface area contributed by atoms with Crippen molar-refractivity contribution in [2.45, 2.75) is 0 Å². The fourth-order valence-corrected chi connectivity index (χ4v) is 9.03. The first-order valence-corrected chi connectivity index (χ1v) is 17.5. The van der Waals surface area contributed by atoms with E-state index in [0.29, 0.717) is 0 Å². The molecule has 9 aromatic carbocycles. The van der Waals surface area contributed by atoms with Gasteiger partial charge in [0.2, 0.25) is 0 Å². The lowest BCUT2D eigenvalue weighted by Crippen LogP contribution is -2.10. The third-order valence-corrected chi connectivity index (χ3v) is 11.4. The summed E-state index contributed by atoms with van der Waals surface area (Å²) in [6.45, 7) is 0. The molecule has 0 unspecified atom stereocenters. The normalized spacial score (nSPS) is 12.1. The fraction of sp³-hybridized carbons (Fsp3) is 0. The van der Waals surface area contributed by atoms with Gasteiger partial charge in [-0.2, -0.15) is 0 Å². The first kappa shape index (κ1) is 26.9. The summed E-state index contributed by atoms with van der Waals surface area (Å²) in [5.74, 6) is 0. The number of fused-ring (bicyclic) bond motifs is 13. The highest BCUT2D eigenvalue weighted by atomic mass is 32.1. The Morgan fingerprint density at radius 1 is 0.367 bits per heavy atom. The van der Waals surface area contributed by atoms with Gasteiger partial charge in [-0.25, -0.2) is 0 Å². The second-order valence-corrected chi connectivity index (χ2v) is 14.0. The molecule has 3 heteroatoms. The number of thiophene rings is 1. The molecule has 0 atom stereocenters. The molecule has 11 aromatic rings. The smallest absolute Gasteiger partial charge is 0.143 e. The minimum Gasteiger partial charge on any atom is -0.455 e. The minimum atomic E-state index is 0.882. The molecule has 0 fully saturated rings. The molecule has 2 nitrogen and oxygen atoms in total. The Morgan fingerprint density at radius 2 is 0.959 bits per heavy atom. The van der Waals surface area contributed by atoms with Gasteiger partial charge in [0, 0.05) is 59.2 Å². The van der Waals surface area contributed by atoms with E-state index in [2.05, 4.69) is 169 Å². The van der Waals surface area contributed by atoms with Gasteiger partial charge in [-0.05, 0) is 80.8 Å². The van der Waals surface area contributed by atoms with E-state index in [-0.39, 0.29) is 0 Å². The molecule has 0 bridgehead atoms. The zero-order valence-electron chi connectivity index (χ0n) is 26.4. The third-order valence-electron chi connectivity index (χ3n) is 10.2. The topological polar surface area (TPSA) is 16.4 Å². The van der Waals surface area contributed by atoms with E-state index >= 15 is 0 Å². The average molecular weight is 642 g/mol. The molecule has 2 aromatic heterocycles. The molecule has 228 valence electrons. The van der Waals surface area contributed by atoms with Crippen LogP contribution in [0.2, 0.25) is 0 Å². The second-order valence-electron chi connectivity index (χ2n) is 12.9. The quantitative estimate of drug-likeness (QED) is 0.179. The Balaban J connectivity index is 1.19. The Kier molecular flexibility index (Phi) is 5.57. The van der Waals surface area contributed by atoms with Crippen LogP contribution >= 0.6 is 11.3 Å². The summed E-state index contributed by atoms with van der Waals surface area (Å²) >= 11 is 1.85. The second kappa shape index (κ2) is 10.2. The van der Waals surface area contributed by atoms with Crippen molar-refractivity contribution in [3.8, 4) is 0 Å². The van der Waals surface area contributed by atoms with Crippen LogP contribution in [0.4, 0.5) is 17.1 Å². The summed E-state index contributed by atoms with van der Waals surface area (Å²) in [6.07, 6.45) is 0. The molecule has 0 aliphatic rings. The molecule has 0 aliphatic carbocycles.